The number of aromatic amines is 1. The summed E-state index contributed by atoms with van der Waals surface area (Å²) in [4.78, 5) is 0. The summed E-state index contributed by atoms with van der Waals surface area (Å²) in [5, 5.41) is 11.5. The Morgan fingerprint density at radius 1 is 1.21 bits per heavy atom. The van der Waals surface area contributed by atoms with Gasteiger partial charge in [0, 0.05) is 27.8 Å². The highest BCUT2D eigenvalue weighted by molar-refractivity contribution is 9.10. The lowest BCUT2D eigenvalue weighted by molar-refractivity contribution is 1.12. The number of halogens is 1. The molecule has 2 aromatic carbocycles. The van der Waals surface area contributed by atoms with Crippen LogP contribution in [0.25, 0.3) is 10.9 Å². The first-order chi connectivity index (χ1) is 9.22. The molecule has 0 unspecified atom stereocenters. The summed E-state index contributed by atoms with van der Waals surface area (Å²) in [7, 11) is 0. The number of nitrogens with zero attached hydrogens (tertiary/aromatic N) is 1. The molecule has 0 aliphatic carbocycles. The largest absolute Gasteiger partial charge is 0.399 e. The van der Waals surface area contributed by atoms with Crippen molar-refractivity contribution in [3.8, 4) is 0 Å². The lowest BCUT2D eigenvalue weighted by Crippen LogP contribution is -2.00. The van der Waals surface area contributed by atoms with Crippen molar-refractivity contribution in [3.63, 3.8) is 0 Å². The van der Waals surface area contributed by atoms with Gasteiger partial charge in [0.2, 0.25) is 0 Å². The number of nitrogens with one attached hydrogen (secondary N) is 2. The van der Waals surface area contributed by atoms with Crippen LogP contribution >= 0.6 is 15.9 Å². The predicted molar refractivity (Wildman–Crippen MR) is 82.0 cm³/mol. The van der Waals surface area contributed by atoms with E-state index >= 15 is 0 Å². The second kappa shape index (κ2) is 4.93. The molecular formula is C14H13BrN4. The van der Waals surface area contributed by atoms with Crippen LogP contribution in [0.5, 0.6) is 0 Å². The highest BCUT2D eigenvalue weighted by Gasteiger charge is 2.04. The molecule has 0 aliphatic rings. The van der Waals surface area contributed by atoms with Crippen LogP contribution in [0.2, 0.25) is 0 Å². The second-order valence-electron chi connectivity index (χ2n) is 4.38. The SMILES string of the molecule is Nc1ccc(CNc2cc(Br)cc3[nH]ncc23)cc1. The highest BCUT2D eigenvalue weighted by atomic mass is 79.9. The fourth-order valence-electron chi connectivity index (χ4n) is 2.00. The van der Waals surface area contributed by atoms with Crippen LogP contribution in [0, 0.1) is 0 Å². The Balaban J connectivity index is 1.85. The van der Waals surface area contributed by atoms with Gasteiger partial charge in [-0.1, -0.05) is 28.1 Å². The molecular weight excluding hydrogens is 304 g/mol. The third kappa shape index (κ3) is 2.56. The normalized spacial score (nSPS) is 10.8. The number of anilines is 2. The van der Waals surface area contributed by atoms with Gasteiger partial charge >= 0.3 is 0 Å². The third-order valence-electron chi connectivity index (χ3n) is 2.99. The molecule has 4 N–H and O–H groups in total. The zero-order chi connectivity index (χ0) is 13.2. The fraction of sp³-hybridized carbons (Fsp3) is 0.0714. The monoisotopic (exact) mass is 316 g/mol. The van der Waals surface area contributed by atoms with E-state index in [0.717, 1.165) is 33.3 Å². The molecule has 1 aromatic heterocycles. The molecule has 4 nitrogen and oxygen atoms in total. The number of hydrogen-bond acceptors (Lipinski definition) is 3. The van der Waals surface area contributed by atoms with Crippen LogP contribution in [0.4, 0.5) is 11.4 Å². The van der Waals surface area contributed by atoms with Gasteiger partial charge in [-0.05, 0) is 29.8 Å². The van der Waals surface area contributed by atoms with E-state index in [1.807, 2.05) is 36.5 Å². The molecule has 0 radical (unpaired) electrons. The van der Waals surface area contributed by atoms with Crippen LogP contribution < -0.4 is 11.1 Å². The smallest absolute Gasteiger partial charge is 0.0682 e. The van der Waals surface area contributed by atoms with Crippen molar-refractivity contribution in [1.82, 2.24) is 10.2 Å². The number of fused-ring (bicyclic) bond motifs is 1. The van der Waals surface area contributed by atoms with E-state index in [9.17, 15) is 0 Å². The standard InChI is InChI=1S/C14H13BrN4/c15-10-5-13(12-8-18-19-14(12)6-10)17-7-9-1-3-11(16)4-2-9/h1-6,8,17H,7,16H2,(H,18,19). The van der Waals surface area contributed by atoms with Crippen molar-refractivity contribution >= 4 is 38.2 Å². The van der Waals surface area contributed by atoms with Gasteiger partial charge in [0.05, 0.1) is 11.7 Å². The first-order valence-corrected chi connectivity index (χ1v) is 6.72. The quantitative estimate of drug-likeness (QED) is 0.648. The Hall–Kier alpha value is -2.01. The first-order valence-electron chi connectivity index (χ1n) is 5.93. The molecule has 3 aromatic rings. The van der Waals surface area contributed by atoms with Gasteiger partial charge in [-0.15, -0.1) is 0 Å². The van der Waals surface area contributed by atoms with E-state index in [2.05, 4.69) is 37.5 Å². The molecule has 0 amide bonds. The van der Waals surface area contributed by atoms with Gasteiger partial charge in [-0.3, -0.25) is 5.10 Å². The van der Waals surface area contributed by atoms with Crippen molar-refractivity contribution in [2.75, 3.05) is 11.1 Å². The molecule has 0 atom stereocenters. The molecule has 96 valence electrons. The maximum atomic E-state index is 5.68. The molecule has 0 saturated carbocycles. The van der Waals surface area contributed by atoms with E-state index in [1.165, 1.54) is 5.56 Å². The van der Waals surface area contributed by atoms with Gasteiger partial charge in [-0.2, -0.15) is 5.10 Å². The third-order valence-corrected chi connectivity index (χ3v) is 3.44. The van der Waals surface area contributed by atoms with Crippen molar-refractivity contribution < 1.29 is 0 Å². The van der Waals surface area contributed by atoms with Gasteiger partial charge in [-0.25, -0.2) is 0 Å². The van der Waals surface area contributed by atoms with Crippen LogP contribution in [-0.2, 0) is 6.54 Å². The lowest BCUT2D eigenvalue weighted by atomic mass is 10.2. The summed E-state index contributed by atoms with van der Waals surface area (Å²) in [6, 6.07) is 11.9. The van der Waals surface area contributed by atoms with E-state index in [4.69, 9.17) is 5.73 Å². The number of hydrogen-bond donors (Lipinski definition) is 3. The maximum Gasteiger partial charge on any atom is 0.0682 e. The minimum atomic E-state index is 0.747. The van der Waals surface area contributed by atoms with Crippen molar-refractivity contribution in [1.29, 1.82) is 0 Å². The average molecular weight is 317 g/mol. The first kappa shape index (κ1) is 12.0. The van der Waals surface area contributed by atoms with Crippen LogP contribution in [0.1, 0.15) is 5.56 Å². The van der Waals surface area contributed by atoms with E-state index in [1.54, 1.807) is 0 Å². The van der Waals surface area contributed by atoms with Gasteiger partial charge in [0.1, 0.15) is 0 Å². The average Bonchev–Trinajstić information content (AvgIpc) is 2.85. The Bertz CT molecular complexity index is 703. The Morgan fingerprint density at radius 2 is 2.00 bits per heavy atom. The molecule has 0 saturated heterocycles. The molecule has 1 heterocycles. The zero-order valence-electron chi connectivity index (χ0n) is 10.2. The van der Waals surface area contributed by atoms with E-state index in [0.29, 0.717) is 0 Å². The lowest BCUT2D eigenvalue weighted by Gasteiger charge is -2.08. The Morgan fingerprint density at radius 3 is 2.79 bits per heavy atom. The van der Waals surface area contributed by atoms with Gasteiger partial charge in [0.15, 0.2) is 0 Å². The summed E-state index contributed by atoms with van der Waals surface area (Å²) in [5.41, 5.74) is 9.70. The predicted octanol–water partition coefficient (Wildman–Crippen LogP) is 3.52. The van der Waals surface area contributed by atoms with Crippen LogP contribution in [-0.4, -0.2) is 10.2 Å². The number of benzene rings is 2. The summed E-state index contributed by atoms with van der Waals surface area (Å²) < 4.78 is 1.02. The molecule has 0 spiro atoms. The Kier molecular flexibility index (Phi) is 3.13. The number of rotatable bonds is 3. The number of nitrogens with two attached hydrogens (primary N) is 1. The van der Waals surface area contributed by atoms with Crippen molar-refractivity contribution in [2.45, 2.75) is 6.54 Å². The summed E-state index contributed by atoms with van der Waals surface area (Å²) in [5.74, 6) is 0. The van der Waals surface area contributed by atoms with Crippen LogP contribution in [0.3, 0.4) is 0 Å². The zero-order valence-corrected chi connectivity index (χ0v) is 11.7. The van der Waals surface area contributed by atoms with Gasteiger partial charge in [0.25, 0.3) is 0 Å². The minimum Gasteiger partial charge on any atom is -0.399 e. The molecule has 5 heteroatoms. The summed E-state index contributed by atoms with van der Waals surface area (Å²) in [6.07, 6.45) is 1.83. The van der Waals surface area contributed by atoms with Crippen molar-refractivity contribution in [2.24, 2.45) is 0 Å². The topological polar surface area (TPSA) is 66.7 Å². The minimum absolute atomic E-state index is 0.747. The summed E-state index contributed by atoms with van der Waals surface area (Å²) >= 11 is 3.50. The number of H-pyrrole nitrogens is 1. The van der Waals surface area contributed by atoms with E-state index < -0.39 is 0 Å². The molecule has 3 rings (SSSR count). The number of nitrogen functional groups attached to an aromatic ring is 1. The number of aromatic nitrogens is 2. The molecule has 0 fully saturated rings. The van der Waals surface area contributed by atoms with Crippen LogP contribution in [0.15, 0.2) is 47.1 Å². The molecule has 0 bridgehead atoms. The van der Waals surface area contributed by atoms with E-state index in [-0.39, 0.29) is 0 Å². The highest BCUT2D eigenvalue weighted by Crippen LogP contribution is 2.27. The second-order valence-corrected chi connectivity index (χ2v) is 5.30. The summed E-state index contributed by atoms with van der Waals surface area (Å²) in [6.45, 7) is 0.747. The fourth-order valence-corrected chi connectivity index (χ4v) is 2.45. The van der Waals surface area contributed by atoms with Gasteiger partial charge < -0.3 is 11.1 Å². The molecule has 0 aliphatic heterocycles. The van der Waals surface area contributed by atoms with Crippen molar-refractivity contribution in [3.05, 3.63) is 52.6 Å². The molecule has 19 heavy (non-hydrogen) atoms. The maximum absolute atomic E-state index is 5.68. The Labute approximate surface area is 119 Å².